The van der Waals surface area contributed by atoms with Crippen molar-refractivity contribution in [3.63, 3.8) is 0 Å². The van der Waals surface area contributed by atoms with E-state index in [2.05, 4.69) is 5.32 Å². The van der Waals surface area contributed by atoms with Crippen molar-refractivity contribution >= 4 is 17.3 Å². The Hall–Kier alpha value is -2.15. The van der Waals surface area contributed by atoms with Crippen molar-refractivity contribution in [1.29, 1.82) is 0 Å². The Morgan fingerprint density at radius 3 is 2.74 bits per heavy atom. The van der Waals surface area contributed by atoms with E-state index >= 15 is 0 Å². The van der Waals surface area contributed by atoms with Crippen molar-refractivity contribution in [2.45, 2.75) is 6.42 Å². The number of carboxylic acid groups (broad SMARTS) is 1. The molecule has 1 rings (SSSR count). The Kier molecular flexibility index (Phi) is 5.25. The van der Waals surface area contributed by atoms with Gasteiger partial charge in [-0.2, -0.15) is 0 Å². The van der Waals surface area contributed by atoms with Crippen LogP contribution in [0.3, 0.4) is 0 Å². The quantitative estimate of drug-likeness (QED) is 0.439. The molecule has 0 bridgehead atoms. The van der Waals surface area contributed by atoms with E-state index in [1.165, 1.54) is 12.1 Å². The van der Waals surface area contributed by atoms with E-state index in [0.29, 0.717) is 5.69 Å². The van der Waals surface area contributed by atoms with E-state index in [1.54, 1.807) is 6.07 Å². The van der Waals surface area contributed by atoms with Crippen LogP contribution in [-0.2, 0) is 0 Å². The molecule has 7 nitrogen and oxygen atoms in total. The first kappa shape index (κ1) is 14.9. The molecular weight excluding hydrogens is 250 g/mol. The van der Waals surface area contributed by atoms with Crippen LogP contribution in [0.2, 0.25) is 0 Å². The normalized spacial score (nSPS) is 10.2. The number of nitrogens with one attached hydrogen (secondary N) is 1. The summed E-state index contributed by atoms with van der Waals surface area (Å²) in [5.74, 6) is -1.29. The molecule has 0 atom stereocenters. The van der Waals surface area contributed by atoms with Gasteiger partial charge in [0.25, 0.3) is 5.69 Å². The third kappa shape index (κ3) is 3.92. The predicted octanol–water partition coefficient (Wildman–Crippen LogP) is 1.34. The number of rotatable bonds is 7. The van der Waals surface area contributed by atoms with E-state index in [-0.39, 0.29) is 11.3 Å². The van der Waals surface area contributed by atoms with Gasteiger partial charge in [0, 0.05) is 25.3 Å². The van der Waals surface area contributed by atoms with E-state index < -0.39 is 10.9 Å². The highest BCUT2D eigenvalue weighted by molar-refractivity contribution is 5.93. The molecular formula is C12H17N3O4. The van der Waals surface area contributed by atoms with Gasteiger partial charge in [-0.1, -0.05) is 0 Å². The number of carboxylic acids is 1. The van der Waals surface area contributed by atoms with E-state index in [4.69, 9.17) is 5.11 Å². The van der Waals surface area contributed by atoms with Crippen molar-refractivity contribution in [3.05, 3.63) is 33.9 Å². The molecule has 0 saturated carbocycles. The maximum atomic E-state index is 11.0. The smallest absolute Gasteiger partial charge is 0.342 e. The van der Waals surface area contributed by atoms with Crippen LogP contribution in [0.15, 0.2) is 18.2 Å². The number of nitro benzene ring substituents is 1. The number of hydrogen-bond acceptors (Lipinski definition) is 5. The fourth-order valence-electron chi connectivity index (χ4n) is 1.71. The summed E-state index contributed by atoms with van der Waals surface area (Å²) in [6, 6.07) is 4.12. The highest BCUT2D eigenvalue weighted by Gasteiger charge is 2.20. The van der Waals surface area contributed by atoms with Gasteiger partial charge in [0.2, 0.25) is 0 Å². The Balaban J connectivity index is 2.95. The second-order valence-electron chi connectivity index (χ2n) is 4.14. The van der Waals surface area contributed by atoms with Gasteiger partial charge in [-0.3, -0.25) is 10.1 Å². The van der Waals surface area contributed by atoms with Crippen LogP contribution < -0.4 is 10.2 Å². The average Bonchev–Trinajstić information content (AvgIpc) is 2.38. The van der Waals surface area contributed by atoms with E-state index in [9.17, 15) is 14.9 Å². The highest BCUT2D eigenvalue weighted by atomic mass is 16.6. The SMILES string of the molecule is CNCCCN(C)c1ccc([N+](=O)[O-])c(C(=O)O)c1. The first-order valence-corrected chi connectivity index (χ1v) is 5.85. The van der Waals surface area contributed by atoms with Crippen LogP contribution in [0.25, 0.3) is 0 Å². The summed E-state index contributed by atoms with van der Waals surface area (Å²) in [6.45, 7) is 1.58. The molecule has 0 fully saturated rings. The number of aromatic carboxylic acids is 1. The molecule has 19 heavy (non-hydrogen) atoms. The highest BCUT2D eigenvalue weighted by Crippen LogP contribution is 2.24. The predicted molar refractivity (Wildman–Crippen MR) is 71.9 cm³/mol. The zero-order valence-corrected chi connectivity index (χ0v) is 10.9. The van der Waals surface area contributed by atoms with Crippen molar-refractivity contribution in [3.8, 4) is 0 Å². The number of carbonyl (C=O) groups is 1. The Bertz CT molecular complexity index is 476. The lowest BCUT2D eigenvalue weighted by molar-refractivity contribution is -0.385. The third-order valence-electron chi connectivity index (χ3n) is 2.77. The van der Waals surface area contributed by atoms with E-state index in [0.717, 1.165) is 19.5 Å². The zero-order valence-electron chi connectivity index (χ0n) is 10.9. The molecule has 0 aliphatic carbocycles. The molecule has 0 aliphatic heterocycles. The van der Waals surface area contributed by atoms with Crippen molar-refractivity contribution < 1.29 is 14.8 Å². The Labute approximate surface area is 111 Å². The van der Waals surface area contributed by atoms with Gasteiger partial charge in [-0.25, -0.2) is 4.79 Å². The summed E-state index contributed by atoms with van der Waals surface area (Å²) in [4.78, 5) is 22.9. The molecule has 0 aromatic heterocycles. The van der Waals surface area contributed by atoms with Crippen LogP contribution in [0.1, 0.15) is 16.8 Å². The molecule has 2 N–H and O–H groups in total. The molecule has 0 radical (unpaired) electrons. The average molecular weight is 267 g/mol. The second-order valence-corrected chi connectivity index (χ2v) is 4.14. The lowest BCUT2D eigenvalue weighted by Gasteiger charge is -2.19. The molecule has 0 heterocycles. The minimum atomic E-state index is -1.29. The van der Waals surface area contributed by atoms with Gasteiger partial charge >= 0.3 is 5.97 Å². The minimum Gasteiger partial charge on any atom is -0.477 e. The van der Waals surface area contributed by atoms with Crippen molar-refractivity contribution in [2.75, 3.05) is 32.1 Å². The summed E-state index contributed by atoms with van der Waals surface area (Å²) in [7, 11) is 3.68. The van der Waals surface area contributed by atoms with Crippen LogP contribution >= 0.6 is 0 Å². The van der Waals surface area contributed by atoms with Crippen LogP contribution in [0.5, 0.6) is 0 Å². The van der Waals surface area contributed by atoms with Crippen LogP contribution in [-0.4, -0.2) is 43.2 Å². The first-order chi connectivity index (χ1) is 8.97. The van der Waals surface area contributed by atoms with Crippen LogP contribution in [0, 0.1) is 10.1 Å². The van der Waals surface area contributed by atoms with Gasteiger partial charge in [0.15, 0.2) is 0 Å². The molecule has 0 unspecified atom stereocenters. The molecule has 1 aromatic rings. The largest absolute Gasteiger partial charge is 0.477 e. The standard InChI is InChI=1S/C12H17N3O4/c1-13-6-3-7-14(2)9-4-5-11(15(18)19)10(8-9)12(16)17/h4-5,8,13H,3,6-7H2,1-2H3,(H,16,17). The number of benzene rings is 1. The maximum Gasteiger partial charge on any atom is 0.342 e. The Morgan fingerprint density at radius 2 is 2.21 bits per heavy atom. The second kappa shape index (κ2) is 6.69. The summed E-state index contributed by atoms with van der Waals surface area (Å²) in [6.07, 6.45) is 0.895. The number of nitro groups is 1. The molecule has 7 heteroatoms. The summed E-state index contributed by atoms with van der Waals surface area (Å²) >= 11 is 0. The van der Waals surface area contributed by atoms with Crippen molar-refractivity contribution in [2.24, 2.45) is 0 Å². The molecule has 0 aliphatic rings. The lowest BCUT2D eigenvalue weighted by atomic mass is 10.1. The number of anilines is 1. The summed E-state index contributed by atoms with van der Waals surface area (Å²) in [5.41, 5.74) is -0.0260. The number of nitrogens with zero attached hydrogens (tertiary/aromatic N) is 2. The molecule has 104 valence electrons. The van der Waals surface area contributed by atoms with Crippen molar-refractivity contribution in [1.82, 2.24) is 5.32 Å². The molecule has 0 amide bonds. The van der Waals surface area contributed by atoms with Gasteiger partial charge < -0.3 is 15.3 Å². The van der Waals surface area contributed by atoms with Crippen LogP contribution in [0.4, 0.5) is 11.4 Å². The van der Waals surface area contributed by atoms with E-state index in [1.807, 2.05) is 19.0 Å². The molecule has 1 aromatic carbocycles. The lowest BCUT2D eigenvalue weighted by Crippen LogP contribution is -2.22. The fourth-order valence-corrected chi connectivity index (χ4v) is 1.71. The summed E-state index contributed by atoms with van der Waals surface area (Å²) in [5, 5.41) is 22.8. The monoisotopic (exact) mass is 267 g/mol. The molecule has 0 saturated heterocycles. The van der Waals surface area contributed by atoms with Gasteiger partial charge in [0.1, 0.15) is 5.56 Å². The minimum absolute atomic E-state index is 0.289. The summed E-state index contributed by atoms with van der Waals surface area (Å²) < 4.78 is 0. The fraction of sp³-hybridized carbons (Fsp3) is 0.417. The van der Waals surface area contributed by atoms with Gasteiger partial charge in [0.05, 0.1) is 4.92 Å². The zero-order chi connectivity index (χ0) is 14.4. The Morgan fingerprint density at radius 1 is 1.53 bits per heavy atom. The number of hydrogen-bond donors (Lipinski definition) is 2. The maximum absolute atomic E-state index is 11.0. The first-order valence-electron chi connectivity index (χ1n) is 5.85. The van der Waals surface area contributed by atoms with Gasteiger partial charge in [-0.15, -0.1) is 0 Å². The van der Waals surface area contributed by atoms with Gasteiger partial charge in [-0.05, 0) is 32.1 Å². The third-order valence-corrected chi connectivity index (χ3v) is 2.77. The topological polar surface area (TPSA) is 95.7 Å². The molecule has 0 spiro atoms.